The van der Waals surface area contributed by atoms with Gasteiger partial charge in [0.05, 0.1) is 9.92 Å². The van der Waals surface area contributed by atoms with Crippen LogP contribution in [0.5, 0.6) is 0 Å². The van der Waals surface area contributed by atoms with Crippen molar-refractivity contribution in [2.24, 2.45) is 0 Å². The van der Waals surface area contributed by atoms with Gasteiger partial charge < -0.3 is 4.42 Å². The first kappa shape index (κ1) is 12.8. The van der Waals surface area contributed by atoms with Crippen LogP contribution in [-0.4, -0.2) is 19.3 Å². The smallest absolute Gasteiger partial charge is 0.294 e. The molecule has 5 nitrogen and oxygen atoms in total. The SMILES string of the molecule is O=Cc1ccc(-c2ccc(S(=O)(=O)O)cc2Cl)o1. The molecule has 0 unspecified atom stereocenters. The summed E-state index contributed by atoms with van der Waals surface area (Å²) in [4.78, 5) is 10.2. The van der Waals surface area contributed by atoms with E-state index in [-0.39, 0.29) is 15.7 Å². The Bertz CT molecular complexity index is 702. The summed E-state index contributed by atoms with van der Waals surface area (Å²) in [6, 6.07) is 6.70. The molecule has 0 atom stereocenters. The van der Waals surface area contributed by atoms with Crippen molar-refractivity contribution < 1.29 is 22.2 Å². The fraction of sp³-hybridized carbons (Fsp3) is 0. The van der Waals surface area contributed by atoms with Gasteiger partial charge in [-0.15, -0.1) is 0 Å². The molecule has 0 spiro atoms. The van der Waals surface area contributed by atoms with Gasteiger partial charge in [0, 0.05) is 5.56 Å². The lowest BCUT2D eigenvalue weighted by molar-refractivity contribution is 0.110. The Morgan fingerprint density at radius 2 is 1.94 bits per heavy atom. The topological polar surface area (TPSA) is 84.6 Å². The second kappa shape index (κ2) is 4.56. The van der Waals surface area contributed by atoms with Crippen molar-refractivity contribution in [3.63, 3.8) is 0 Å². The Balaban J connectivity index is 2.51. The second-order valence-electron chi connectivity index (χ2n) is 3.44. The van der Waals surface area contributed by atoms with Crippen molar-refractivity contribution in [1.82, 2.24) is 0 Å². The molecule has 0 amide bonds. The van der Waals surface area contributed by atoms with Gasteiger partial charge in [-0.25, -0.2) is 0 Å². The highest BCUT2D eigenvalue weighted by Gasteiger charge is 2.14. The van der Waals surface area contributed by atoms with E-state index in [0.29, 0.717) is 17.6 Å². The molecular formula is C11H7ClO5S. The molecule has 18 heavy (non-hydrogen) atoms. The summed E-state index contributed by atoms with van der Waals surface area (Å²) in [5, 5.41) is 0.0944. The highest BCUT2D eigenvalue weighted by atomic mass is 35.5. The number of halogens is 1. The third-order valence-corrected chi connectivity index (χ3v) is 3.41. The highest BCUT2D eigenvalue weighted by Crippen LogP contribution is 2.31. The summed E-state index contributed by atoms with van der Waals surface area (Å²) >= 11 is 5.90. The molecule has 0 saturated heterocycles. The molecule has 0 aliphatic carbocycles. The number of carbonyl (C=O) groups is 1. The molecule has 1 heterocycles. The minimum atomic E-state index is -4.29. The van der Waals surface area contributed by atoms with Crippen LogP contribution in [0, 0.1) is 0 Å². The summed E-state index contributed by atoms with van der Waals surface area (Å²) < 4.78 is 35.8. The Hall–Kier alpha value is -1.63. The minimum absolute atomic E-state index is 0.0944. The maximum atomic E-state index is 10.9. The fourth-order valence-corrected chi connectivity index (χ4v) is 2.26. The van der Waals surface area contributed by atoms with Gasteiger partial charge in [-0.05, 0) is 30.3 Å². The number of rotatable bonds is 3. The first-order valence-corrected chi connectivity index (χ1v) is 6.56. The quantitative estimate of drug-likeness (QED) is 0.692. The van der Waals surface area contributed by atoms with Crippen LogP contribution in [0.25, 0.3) is 11.3 Å². The summed E-state index contributed by atoms with van der Waals surface area (Å²) in [5.41, 5.74) is 0.428. The van der Waals surface area contributed by atoms with Gasteiger partial charge in [0.15, 0.2) is 12.0 Å². The van der Waals surface area contributed by atoms with E-state index in [2.05, 4.69) is 0 Å². The molecule has 0 aliphatic heterocycles. The van der Waals surface area contributed by atoms with Gasteiger partial charge in [-0.2, -0.15) is 8.42 Å². The zero-order chi connectivity index (χ0) is 13.3. The van der Waals surface area contributed by atoms with Gasteiger partial charge in [0.25, 0.3) is 10.1 Å². The van der Waals surface area contributed by atoms with Crippen molar-refractivity contribution in [3.8, 4) is 11.3 Å². The predicted molar refractivity (Wildman–Crippen MR) is 64.4 cm³/mol. The Labute approximate surface area is 108 Å². The second-order valence-corrected chi connectivity index (χ2v) is 5.27. The standard InChI is InChI=1S/C11H7ClO5S/c12-10-5-8(18(14,15)16)2-3-9(10)11-4-1-7(6-13)17-11/h1-6H,(H,14,15,16). The van der Waals surface area contributed by atoms with Crippen molar-refractivity contribution in [3.05, 3.63) is 41.1 Å². The number of hydrogen-bond acceptors (Lipinski definition) is 4. The number of benzene rings is 1. The van der Waals surface area contributed by atoms with E-state index in [1.165, 1.54) is 24.3 Å². The first-order chi connectivity index (χ1) is 8.41. The largest absolute Gasteiger partial charge is 0.453 e. The van der Waals surface area contributed by atoms with E-state index in [9.17, 15) is 13.2 Å². The molecular weight excluding hydrogens is 280 g/mol. The zero-order valence-corrected chi connectivity index (χ0v) is 10.4. The monoisotopic (exact) mass is 286 g/mol. The lowest BCUT2D eigenvalue weighted by atomic mass is 10.2. The van der Waals surface area contributed by atoms with Crippen LogP contribution in [0.3, 0.4) is 0 Å². The maximum Gasteiger partial charge on any atom is 0.294 e. The average Bonchev–Trinajstić information content (AvgIpc) is 2.76. The normalized spacial score (nSPS) is 11.4. The third kappa shape index (κ3) is 2.45. The molecule has 0 saturated carbocycles. The Kier molecular flexibility index (Phi) is 3.25. The molecule has 7 heteroatoms. The van der Waals surface area contributed by atoms with Gasteiger partial charge in [0.1, 0.15) is 5.76 Å². The number of hydrogen-bond donors (Lipinski definition) is 1. The van der Waals surface area contributed by atoms with Crippen LogP contribution >= 0.6 is 11.6 Å². The van der Waals surface area contributed by atoms with Crippen LogP contribution in [0.4, 0.5) is 0 Å². The van der Waals surface area contributed by atoms with Crippen molar-refractivity contribution >= 4 is 28.0 Å². The average molecular weight is 287 g/mol. The van der Waals surface area contributed by atoms with E-state index in [4.69, 9.17) is 20.6 Å². The lowest BCUT2D eigenvalue weighted by Gasteiger charge is -2.03. The molecule has 1 N–H and O–H groups in total. The van der Waals surface area contributed by atoms with Gasteiger partial charge in [-0.1, -0.05) is 11.6 Å². The summed E-state index contributed by atoms with van der Waals surface area (Å²) in [6.45, 7) is 0. The molecule has 94 valence electrons. The predicted octanol–water partition coefficient (Wildman–Crippen LogP) is 2.66. The number of carbonyl (C=O) groups excluding carboxylic acids is 1. The van der Waals surface area contributed by atoms with E-state index < -0.39 is 10.1 Å². The van der Waals surface area contributed by atoms with Crippen LogP contribution in [0.15, 0.2) is 39.6 Å². The summed E-state index contributed by atoms with van der Waals surface area (Å²) in [7, 11) is -4.29. The van der Waals surface area contributed by atoms with E-state index in [1.807, 2.05) is 0 Å². The Morgan fingerprint density at radius 1 is 1.22 bits per heavy atom. The van der Waals surface area contributed by atoms with Crippen molar-refractivity contribution in [1.29, 1.82) is 0 Å². The van der Waals surface area contributed by atoms with Gasteiger partial charge in [0.2, 0.25) is 0 Å². The highest BCUT2D eigenvalue weighted by molar-refractivity contribution is 7.85. The summed E-state index contributed by atoms with van der Waals surface area (Å²) in [5.74, 6) is 0.476. The van der Waals surface area contributed by atoms with Crippen LogP contribution in [0.2, 0.25) is 5.02 Å². The molecule has 0 radical (unpaired) electrons. The molecule has 0 bridgehead atoms. The molecule has 1 aromatic carbocycles. The lowest BCUT2D eigenvalue weighted by Crippen LogP contribution is -1.97. The minimum Gasteiger partial charge on any atom is -0.453 e. The molecule has 2 aromatic rings. The fourth-order valence-electron chi connectivity index (χ4n) is 1.42. The van der Waals surface area contributed by atoms with Gasteiger partial charge in [-0.3, -0.25) is 9.35 Å². The number of furan rings is 1. The van der Waals surface area contributed by atoms with Crippen molar-refractivity contribution in [2.75, 3.05) is 0 Å². The molecule has 1 aromatic heterocycles. The first-order valence-electron chi connectivity index (χ1n) is 4.74. The molecule has 2 rings (SSSR count). The van der Waals surface area contributed by atoms with Gasteiger partial charge >= 0.3 is 0 Å². The number of aldehydes is 1. The van der Waals surface area contributed by atoms with Crippen LogP contribution < -0.4 is 0 Å². The maximum absolute atomic E-state index is 10.9. The van der Waals surface area contributed by atoms with E-state index in [1.54, 1.807) is 0 Å². The van der Waals surface area contributed by atoms with E-state index in [0.717, 1.165) is 6.07 Å². The summed E-state index contributed by atoms with van der Waals surface area (Å²) in [6.07, 6.45) is 0.546. The molecule has 0 fully saturated rings. The molecule has 0 aliphatic rings. The zero-order valence-electron chi connectivity index (χ0n) is 8.83. The van der Waals surface area contributed by atoms with E-state index >= 15 is 0 Å². The third-order valence-electron chi connectivity index (χ3n) is 2.25. The van der Waals surface area contributed by atoms with Crippen LogP contribution in [0.1, 0.15) is 10.6 Å². The van der Waals surface area contributed by atoms with Crippen molar-refractivity contribution in [2.45, 2.75) is 4.90 Å². The van der Waals surface area contributed by atoms with Crippen LogP contribution in [-0.2, 0) is 10.1 Å². The Morgan fingerprint density at radius 3 is 2.44 bits per heavy atom.